The van der Waals surface area contributed by atoms with Crippen LogP contribution in [0.1, 0.15) is 18.1 Å². The molecule has 140 valence electrons. The van der Waals surface area contributed by atoms with Gasteiger partial charge in [0, 0.05) is 30.1 Å². The van der Waals surface area contributed by atoms with Crippen LogP contribution in [-0.2, 0) is 6.54 Å². The summed E-state index contributed by atoms with van der Waals surface area (Å²) in [6.45, 7) is 6.45. The molecule has 0 spiro atoms. The minimum atomic E-state index is -0.0805. The van der Waals surface area contributed by atoms with Crippen molar-refractivity contribution in [2.75, 3.05) is 0 Å². The zero-order valence-corrected chi connectivity index (χ0v) is 16.1. The lowest BCUT2D eigenvalue weighted by Crippen LogP contribution is -2.02. The first-order valence-corrected chi connectivity index (χ1v) is 9.64. The quantitative estimate of drug-likeness (QED) is 0.341. The van der Waals surface area contributed by atoms with E-state index in [2.05, 4.69) is 32.0 Å². The molecule has 3 aromatic heterocycles. The highest BCUT2D eigenvalue weighted by atomic mass is 32.2. The Hall–Kier alpha value is -3.26. The van der Waals surface area contributed by atoms with Gasteiger partial charge in [-0.15, -0.1) is 27.0 Å². The highest BCUT2D eigenvalue weighted by molar-refractivity contribution is 7.99. The number of benzene rings is 1. The van der Waals surface area contributed by atoms with Gasteiger partial charge in [0.05, 0.1) is 5.25 Å². The lowest BCUT2D eigenvalue weighted by Gasteiger charge is -2.09. The Morgan fingerprint density at radius 1 is 1.04 bits per heavy atom. The van der Waals surface area contributed by atoms with Crippen LogP contribution in [0.15, 0.2) is 77.1 Å². The van der Waals surface area contributed by atoms with Gasteiger partial charge in [-0.25, -0.2) is 0 Å². The van der Waals surface area contributed by atoms with Gasteiger partial charge in [-0.1, -0.05) is 36.0 Å². The first-order chi connectivity index (χ1) is 13.8. The average Bonchev–Trinajstić information content (AvgIpc) is 3.38. The van der Waals surface area contributed by atoms with Crippen molar-refractivity contribution in [3.63, 3.8) is 0 Å². The number of rotatable bonds is 7. The second kappa shape index (κ2) is 8.18. The number of allylic oxidation sites excluding steroid dienone is 1. The predicted octanol–water partition coefficient (Wildman–Crippen LogP) is 4.43. The van der Waals surface area contributed by atoms with E-state index in [1.165, 1.54) is 11.8 Å². The third-order valence-corrected chi connectivity index (χ3v) is 5.13. The molecule has 8 heteroatoms. The fraction of sp³-hybridized carbons (Fsp3) is 0.150. The van der Waals surface area contributed by atoms with E-state index in [0.29, 0.717) is 18.3 Å². The fourth-order valence-corrected chi connectivity index (χ4v) is 3.58. The van der Waals surface area contributed by atoms with Crippen LogP contribution in [0.5, 0.6) is 0 Å². The second-order valence-corrected chi connectivity index (χ2v) is 7.32. The van der Waals surface area contributed by atoms with Crippen molar-refractivity contribution < 1.29 is 4.42 Å². The van der Waals surface area contributed by atoms with Crippen molar-refractivity contribution in [3.05, 3.63) is 73.4 Å². The standard InChI is InChI=1S/C20H18N6OS/c1-3-13-26-17(15-9-11-21-12-10-15)22-25-20(26)28-14(2)18-23-24-19(27-18)16-7-5-4-6-8-16/h3-12,14H,1,13H2,2H3/t14-/m0/s1. The Kier molecular flexibility index (Phi) is 5.29. The van der Waals surface area contributed by atoms with Gasteiger partial charge in [-0.2, -0.15) is 0 Å². The van der Waals surface area contributed by atoms with Gasteiger partial charge in [0.2, 0.25) is 11.8 Å². The zero-order chi connectivity index (χ0) is 19.3. The summed E-state index contributed by atoms with van der Waals surface area (Å²) < 4.78 is 7.88. The van der Waals surface area contributed by atoms with E-state index in [1.807, 2.05) is 60.0 Å². The fourth-order valence-electron chi connectivity index (χ4n) is 2.69. The SMILES string of the molecule is C=CCn1c(S[C@@H](C)c2nnc(-c3ccccc3)o2)nnc1-c1ccncc1. The van der Waals surface area contributed by atoms with Gasteiger partial charge in [0.15, 0.2) is 11.0 Å². The first-order valence-electron chi connectivity index (χ1n) is 8.76. The van der Waals surface area contributed by atoms with Crippen molar-refractivity contribution in [1.82, 2.24) is 29.9 Å². The number of nitrogens with zero attached hydrogens (tertiary/aromatic N) is 6. The van der Waals surface area contributed by atoms with Crippen molar-refractivity contribution in [2.24, 2.45) is 0 Å². The van der Waals surface area contributed by atoms with Crippen molar-refractivity contribution in [1.29, 1.82) is 0 Å². The molecule has 0 aliphatic carbocycles. The van der Waals surface area contributed by atoms with E-state index < -0.39 is 0 Å². The van der Waals surface area contributed by atoms with Gasteiger partial charge in [0.25, 0.3) is 0 Å². The van der Waals surface area contributed by atoms with Gasteiger partial charge < -0.3 is 4.42 Å². The molecule has 1 aromatic carbocycles. The van der Waals surface area contributed by atoms with E-state index in [4.69, 9.17) is 4.42 Å². The summed E-state index contributed by atoms with van der Waals surface area (Å²) in [5.41, 5.74) is 1.85. The minimum Gasteiger partial charge on any atom is -0.419 e. The number of hydrogen-bond donors (Lipinski definition) is 0. The van der Waals surface area contributed by atoms with Gasteiger partial charge >= 0.3 is 0 Å². The van der Waals surface area contributed by atoms with E-state index in [0.717, 1.165) is 22.1 Å². The number of thioether (sulfide) groups is 1. The maximum atomic E-state index is 5.87. The summed E-state index contributed by atoms with van der Waals surface area (Å²) in [7, 11) is 0. The van der Waals surface area contributed by atoms with E-state index in [1.54, 1.807) is 12.4 Å². The molecule has 1 atom stereocenters. The molecule has 4 rings (SSSR count). The number of aromatic nitrogens is 6. The summed E-state index contributed by atoms with van der Waals surface area (Å²) in [5, 5.41) is 17.8. The number of pyridine rings is 1. The predicted molar refractivity (Wildman–Crippen MR) is 107 cm³/mol. The summed E-state index contributed by atoms with van der Waals surface area (Å²) in [6, 6.07) is 13.5. The Labute approximate surface area is 166 Å². The van der Waals surface area contributed by atoms with Crippen molar-refractivity contribution >= 4 is 11.8 Å². The molecule has 0 aliphatic heterocycles. The van der Waals surface area contributed by atoms with Crippen LogP contribution >= 0.6 is 11.8 Å². The van der Waals surface area contributed by atoms with Crippen LogP contribution in [0.4, 0.5) is 0 Å². The lowest BCUT2D eigenvalue weighted by atomic mass is 10.2. The summed E-state index contributed by atoms with van der Waals surface area (Å²) in [6.07, 6.45) is 5.30. The van der Waals surface area contributed by atoms with Gasteiger partial charge in [-0.3, -0.25) is 9.55 Å². The van der Waals surface area contributed by atoms with Gasteiger partial charge in [0.1, 0.15) is 0 Å². The van der Waals surface area contributed by atoms with Crippen molar-refractivity contribution in [3.8, 4) is 22.8 Å². The Balaban J connectivity index is 1.58. The minimum absolute atomic E-state index is 0.0805. The molecular weight excluding hydrogens is 372 g/mol. The molecule has 0 aliphatic rings. The van der Waals surface area contributed by atoms with Crippen LogP contribution in [0, 0.1) is 0 Å². The van der Waals surface area contributed by atoms with Crippen LogP contribution < -0.4 is 0 Å². The lowest BCUT2D eigenvalue weighted by molar-refractivity contribution is 0.508. The molecule has 0 bridgehead atoms. The summed E-state index contributed by atoms with van der Waals surface area (Å²) >= 11 is 1.52. The molecule has 0 radical (unpaired) electrons. The van der Waals surface area contributed by atoms with E-state index in [-0.39, 0.29) is 5.25 Å². The Morgan fingerprint density at radius 2 is 1.82 bits per heavy atom. The van der Waals surface area contributed by atoms with E-state index >= 15 is 0 Å². The highest BCUT2D eigenvalue weighted by Gasteiger charge is 2.21. The maximum absolute atomic E-state index is 5.87. The molecular formula is C20H18N6OS. The molecule has 0 amide bonds. The van der Waals surface area contributed by atoms with Crippen LogP contribution in [0.3, 0.4) is 0 Å². The zero-order valence-electron chi connectivity index (χ0n) is 15.3. The third kappa shape index (κ3) is 3.72. The molecule has 0 N–H and O–H groups in total. The molecule has 0 unspecified atom stereocenters. The summed E-state index contributed by atoms with van der Waals surface area (Å²) in [5.74, 6) is 1.82. The maximum Gasteiger partial charge on any atom is 0.247 e. The molecule has 0 fully saturated rings. The second-order valence-electron chi connectivity index (χ2n) is 6.01. The summed E-state index contributed by atoms with van der Waals surface area (Å²) in [4.78, 5) is 4.06. The molecule has 28 heavy (non-hydrogen) atoms. The normalized spacial score (nSPS) is 12.0. The Bertz CT molecular complexity index is 1060. The smallest absolute Gasteiger partial charge is 0.247 e. The molecule has 0 saturated carbocycles. The average molecular weight is 390 g/mol. The molecule has 3 heterocycles. The largest absolute Gasteiger partial charge is 0.419 e. The first kappa shape index (κ1) is 18.1. The molecule has 0 saturated heterocycles. The monoisotopic (exact) mass is 390 g/mol. The van der Waals surface area contributed by atoms with Crippen LogP contribution in [0.2, 0.25) is 0 Å². The Morgan fingerprint density at radius 3 is 2.57 bits per heavy atom. The van der Waals surface area contributed by atoms with Crippen LogP contribution in [-0.4, -0.2) is 29.9 Å². The van der Waals surface area contributed by atoms with E-state index in [9.17, 15) is 0 Å². The van der Waals surface area contributed by atoms with Gasteiger partial charge in [-0.05, 0) is 31.2 Å². The third-order valence-electron chi connectivity index (χ3n) is 4.06. The molecule has 7 nitrogen and oxygen atoms in total. The topological polar surface area (TPSA) is 82.5 Å². The highest BCUT2D eigenvalue weighted by Crippen LogP contribution is 2.35. The number of hydrogen-bond acceptors (Lipinski definition) is 7. The van der Waals surface area contributed by atoms with Crippen molar-refractivity contribution in [2.45, 2.75) is 23.9 Å². The van der Waals surface area contributed by atoms with Crippen LogP contribution in [0.25, 0.3) is 22.8 Å². The molecule has 4 aromatic rings.